The second-order valence-electron chi connectivity index (χ2n) is 2.98. The molecule has 2 nitrogen and oxygen atoms in total. The van der Waals surface area contributed by atoms with Gasteiger partial charge in [-0.3, -0.25) is 0 Å². The van der Waals surface area contributed by atoms with Crippen LogP contribution in [0.25, 0.3) is 0 Å². The molecule has 0 saturated heterocycles. The van der Waals surface area contributed by atoms with Crippen molar-refractivity contribution in [2.75, 3.05) is 6.54 Å². The Balaban J connectivity index is 2.89. The lowest BCUT2D eigenvalue weighted by molar-refractivity contribution is 1.03. The number of nitrogens with zero attached hydrogens (tertiary/aromatic N) is 1. The van der Waals surface area contributed by atoms with Crippen LogP contribution in [-0.2, 0) is 0 Å². The van der Waals surface area contributed by atoms with E-state index in [-0.39, 0.29) is 0 Å². The van der Waals surface area contributed by atoms with Crippen LogP contribution < -0.4 is 5.73 Å². The van der Waals surface area contributed by atoms with Crippen LogP contribution in [0.3, 0.4) is 0 Å². The lowest BCUT2D eigenvalue weighted by atomic mass is 10.1. The van der Waals surface area contributed by atoms with Crippen molar-refractivity contribution in [1.29, 1.82) is 5.26 Å². The molecule has 1 aromatic rings. The van der Waals surface area contributed by atoms with Gasteiger partial charge in [0.2, 0.25) is 0 Å². The number of aryl methyl sites for hydroxylation is 1. The number of benzene rings is 1. The molecular weight excluding hydrogens is 172 g/mol. The number of rotatable bonds is 1. The molecule has 0 heterocycles. The van der Waals surface area contributed by atoms with Crippen molar-refractivity contribution in [3.05, 3.63) is 34.9 Å². The van der Waals surface area contributed by atoms with Gasteiger partial charge in [0.15, 0.2) is 0 Å². The third-order valence-electron chi connectivity index (χ3n) is 1.85. The molecule has 0 atom stereocenters. The Morgan fingerprint density at radius 3 is 2.79 bits per heavy atom. The van der Waals surface area contributed by atoms with Gasteiger partial charge in [-0.15, -0.1) is 0 Å². The molecule has 70 valence electrons. The molecule has 14 heavy (non-hydrogen) atoms. The average Bonchev–Trinajstić information content (AvgIpc) is 2.18. The van der Waals surface area contributed by atoms with E-state index in [9.17, 15) is 0 Å². The molecule has 0 radical (unpaired) electrons. The van der Waals surface area contributed by atoms with E-state index in [1.807, 2.05) is 19.1 Å². The summed E-state index contributed by atoms with van der Waals surface area (Å²) in [5.41, 5.74) is 7.93. The van der Waals surface area contributed by atoms with Gasteiger partial charge in [-0.25, -0.2) is 0 Å². The molecule has 0 fully saturated rings. The van der Waals surface area contributed by atoms with Gasteiger partial charge >= 0.3 is 0 Å². The van der Waals surface area contributed by atoms with Crippen molar-refractivity contribution >= 4 is 0 Å². The van der Waals surface area contributed by atoms with Gasteiger partial charge in [0.1, 0.15) is 0 Å². The predicted octanol–water partition coefficient (Wildman–Crippen LogP) is 1.57. The lowest BCUT2D eigenvalue weighted by Gasteiger charge is -1.96. The zero-order chi connectivity index (χ0) is 10.4. The summed E-state index contributed by atoms with van der Waals surface area (Å²) in [7, 11) is 0. The quantitative estimate of drug-likeness (QED) is 0.673. The Morgan fingerprint density at radius 2 is 2.21 bits per heavy atom. The SMILES string of the molecule is Cc1cc(C#CCCN)ccc1C#N. The van der Waals surface area contributed by atoms with Crippen LogP contribution in [0.5, 0.6) is 0 Å². The van der Waals surface area contributed by atoms with Gasteiger partial charge in [-0.1, -0.05) is 11.8 Å². The van der Waals surface area contributed by atoms with Crippen LogP contribution in [0.1, 0.15) is 23.1 Å². The van der Waals surface area contributed by atoms with Crippen molar-refractivity contribution in [2.45, 2.75) is 13.3 Å². The molecule has 0 aliphatic carbocycles. The predicted molar refractivity (Wildman–Crippen MR) is 56.4 cm³/mol. The average molecular weight is 184 g/mol. The monoisotopic (exact) mass is 184 g/mol. The summed E-state index contributed by atoms with van der Waals surface area (Å²) in [5.74, 6) is 5.96. The largest absolute Gasteiger partial charge is 0.330 e. The molecule has 0 saturated carbocycles. The molecule has 0 aromatic heterocycles. The number of nitriles is 1. The standard InChI is InChI=1S/C12H12N2/c1-10-8-11(4-2-3-7-13)5-6-12(10)9-14/h5-6,8H,3,7,13H2,1H3. The van der Waals surface area contributed by atoms with Crippen LogP contribution in [-0.4, -0.2) is 6.54 Å². The van der Waals surface area contributed by atoms with E-state index in [1.54, 1.807) is 6.07 Å². The molecule has 0 aliphatic rings. The molecule has 0 bridgehead atoms. The summed E-state index contributed by atoms with van der Waals surface area (Å²) in [6.07, 6.45) is 0.707. The van der Waals surface area contributed by atoms with Crippen LogP contribution in [0.2, 0.25) is 0 Å². The minimum atomic E-state index is 0.586. The highest BCUT2D eigenvalue weighted by Crippen LogP contribution is 2.08. The first-order valence-electron chi connectivity index (χ1n) is 4.47. The van der Waals surface area contributed by atoms with Crippen molar-refractivity contribution < 1.29 is 0 Å². The maximum atomic E-state index is 8.72. The molecule has 2 heteroatoms. The maximum absolute atomic E-state index is 8.72. The van der Waals surface area contributed by atoms with Crippen molar-refractivity contribution in [3.63, 3.8) is 0 Å². The van der Waals surface area contributed by atoms with Crippen LogP contribution >= 0.6 is 0 Å². The van der Waals surface area contributed by atoms with E-state index >= 15 is 0 Å². The summed E-state index contributed by atoms with van der Waals surface area (Å²) in [5, 5.41) is 8.72. The molecule has 0 spiro atoms. The van der Waals surface area contributed by atoms with Crippen molar-refractivity contribution in [2.24, 2.45) is 5.73 Å². The highest BCUT2D eigenvalue weighted by Gasteiger charge is 1.96. The summed E-state index contributed by atoms with van der Waals surface area (Å²) < 4.78 is 0. The minimum absolute atomic E-state index is 0.586. The van der Waals surface area contributed by atoms with Crippen molar-refractivity contribution in [3.8, 4) is 17.9 Å². The van der Waals surface area contributed by atoms with E-state index in [0.29, 0.717) is 18.5 Å². The molecule has 0 amide bonds. The third kappa shape index (κ3) is 2.62. The van der Waals surface area contributed by atoms with E-state index < -0.39 is 0 Å². The summed E-state index contributed by atoms with van der Waals surface area (Å²) in [6.45, 7) is 2.49. The van der Waals surface area contributed by atoms with Gasteiger partial charge < -0.3 is 5.73 Å². The fourth-order valence-electron chi connectivity index (χ4n) is 1.10. The normalized spacial score (nSPS) is 8.64. The van der Waals surface area contributed by atoms with E-state index in [0.717, 1.165) is 11.1 Å². The number of hydrogen-bond acceptors (Lipinski definition) is 2. The Labute approximate surface area is 84.4 Å². The smallest absolute Gasteiger partial charge is 0.0994 e. The first-order chi connectivity index (χ1) is 6.77. The summed E-state index contributed by atoms with van der Waals surface area (Å²) in [6, 6.07) is 7.69. The second kappa shape index (κ2) is 5.07. The van der Waals surface area contributed by atoms with Gasteiger partial charge in [0, 0.05) is 18.5 Å². The Morgan fingerprint density at radius 1 is 1.43 bits per heavy atom. The zero-order valence-electron chi connectivity index (χ0n) is 8.17. The van der Waals surface area contributed by atoms with Crippen LogP contribution in [0.15, 0.2) is 18.2 Å². The molecule has 1 rings (SSSR count). The lowest BCUT2D eigenvalue weighted by Crippen LogP contribution is -1.95. The Kier molecular flexibility index (Phi) is 3.73. The molecule has 1 aromatic carbocycles. The highest BCUT2D eigenvalue weighted by molar-refractivity contribution is 5.44. The highest BCUT2D eigenvalue weighted by atomic mass is 14.5. The second-order valence-corrected chi connectivity index (χ2v) is 2.98. The number of hydrogen-bond donors (Lipinski definition) is 1. The fourth-order valence-corrected chi connectivity index (χ4v) is 1.10. The van der Waals surface area contributed by atoms with E-state index in [4.69, 9.17) is 11.0 Å². The Bertz CT molecular complexity index is 416. The van der Waals surface area contributed by atoms with Gasteiger partial charge in [-0.2, -0.15) is 5.26 Å². The van der Waals surface area contributed by atoms with Crippen LogP contribution in [0.4, 0.5) is 0 Å². The van der Waals surface area contributed by atoms with E-state index in [2.05, 4.69) is 17.9 Å². The molecular formula is C12H12N2. The zero-order valence-corrected chi connectivity index (χ0v) is 8.17. The van der Waals surface area contributed by atoms with Crippen molar-refractivity contribution in [1.82, 2.24) is 0 Å². The summed E-state index contributed by atoms with van der Waals surface area (Å²) in [4.78, 5) is 0. The van der Waals surface area contributed by atoms with E-state index in [1.165, 1.54) is 0 Å². The maximum Gasteiger partial charge on any atom is 0.0994 e. The topological polar surface area (TPSA) is 49.8 Å². The Hall–Kier alpha value is -1.77. The minimum Gasteiger partial charge on any atom is -0.330 e. The molecule has 0 aliphatic heterocycles. The number of nitrogens with two attached hydrogens (primary N) is 1. The third-order valence-corrected chi connectivity index (χ3v) is 1.85. The summed E-state index contributed by atoms with van der Waals surface area (Å²) >= 11 is 0. The fraction of sp³-hybridized carbons (Fsp3) is 0.250. The van der Waals surface area contributed by atoms with Gasteiger partial charge in [-0.05, 0) is 30.7 Å². The molecule has 0 unspecified atom stereocenters. The van der Waals surface area contributed by atoms with Crippen LogP contribution in [0, 0.1) is 30.1 Å². The first kappa shape index (κ1) is 10.3. The van der Waals surface area contributed by atoms with Gasteiger partial charge in [0.05, 0.1) is 11.6 Å². The van der Waals surface area contributed by atoms with Gasteiger partial charge in [0.25, 0.3) is 0 Å². The first-order valence-corrected chi connectivity index (χ1v) is 4.47. The molecule has 2 N–H and O–H groups in total.